The Kier molecular flexibility index (Phi) is 2.02. The summed E-state index contributed by atoms with van der Waals surface area (Å²) in [7, 11) is 0. The summed E-state index contributed by atoms with van der Waals surface area (Å²) in [4.78, 5) is 11.2. The molecule has 0 aliphatic carbocycles. The lowest BCUT2D eigenvalue weighted by Gasteiger charge is -2.35. The van der Waals surface area contributed by atoms with Crippen LogP contribution in [0, 0.1) is 0 Å². The number of ether oxygens (including phenoxy) is 2. The molecule has 0 amide bonds. The SMILES string of the molecule is O=C1OC[C@@H](O)[C@H]2O[C@H](O)[C@H](O)[C@]12O. The van der Waals surface area contributed by atoms with E-state index in [-0.39, 0.29) is 6.61 Å². The van der Waals surface area contributed by atoms with Gasteiger partial charge in [0.25, 0.3) is 0 Å². The van der Waals surface area contributed by atoms with Crippen molar-refractivity contribution < 1.29 is 34.7 Å². The van der Waals surface area contributed by atoms with Crippen LogP contribution in [0.5, 0.6) is 0 Å². The van der Waals surface area contributed by atoms with Crippen molar-refractivity contribution in [3.63, 3.8) is 0 Å². The van der Waals surface area contributed by atoms with Crippen molar-refractivity contribution in [2.75, 3.05) is 6.61 Å². The van der Waals surface area contributed by atoms with Crippen LogP contribution < -0.4 is 0 Å². The van der Waals surface area contributed by atoms with Gasteiger partial charge in [-0.2, -0.15) is 0 Å². The van der Waals surface area contributed by atoms with E-state index in [2.05, 4.69) is 9.47 Å². The molecular formula is C7H10O7. The molecule has 2 rings (SSSR count). The Labute approximate surface area is 78.5 Å². The van der Waals surface area contributed by atoms with Crippen LogP contribution in [0.2, 0.25) is 0 Å². The van der Waals surface area contributed by atoms with Crippen LogP contribution in [-0.2, 0) is 14.3 Å². The standard InChI is InChI=1S/C7H10O7/c8-2-1-13-6(11)7(12)3(9)5(10)14-4(2)7/h2-5,8-10,12H,1H2/t2-,3+,4-,5+,7-/m1/s1. The van der Waals surface area contributed by atoms with Gasteiger partial charge in [0, 0.05) is 0 Å². The monoisotopic (exact) mass is 206 g/mol. The minimum absolute atomic E-state index is 0.328. The fourth-order valence-electron chi connectivity index (χ4n) is 1.70. The first-order valence-corrected chi connectivity index (χ1v) is 4.07. The van der Waals surface area contributed by atoms with Gasteiger partial charge in [-0.15, -0.1) is 0 Å². The Morgan fingerprint density at radius 3 is 2.57 bits per heavy atom. The quantitative estimate of drug-likeness (QED) is 0.307. The van der Waals surface area contributed by atoms with Gasteiger partial charge in [-0.1, -0.05) is 0 Å². The topological polar surface area (TPSA) is 116 Å². The zero-order valence-electron chi connectivity index (χ0n) is 7.03. The van der Waals surface area contributed by atoms with E-state index in [0.29, 0.717) is 0 Å². The van der Waals surface area contributed by atoms with Gasteiger partial charge < -0.3 is 29.9 Å². The summed E-state index contributed by atoms with van der Waals surface area (Å²) in [5, 5.41) is 37.4. The molecule has 0 bridgehead atoms. The van der Waals surface area contributed by atoms with Gasteiger partial charge in [0.05, 0.1) is 0 Å². The minimum atomic E-state index is -2.38. The summed E-state index contributed by atoms with van der Waals surface area (Å²) < 4.78 is 9.10. The maximum absolute atomic E-state index is 11.2. The van der Waals surface area contributed by atoms with Crippen molar-refractivity contribution in [3.8, 4) is 0 Å². The van der Waals surface area contributed by atoms with Gasteiger partial charge in [0.2, 0.25) is 5.60 Å². The predicted molar refractivity (Wildman–Crippen MR) is 38.8 cm³/mol. The molecular weight excluding hydrogens is 196 g/mol. The number of cyclic esters (lactones) is 1. The Morgan fingerprint density at radius 1 is 1.36 bits per heavy atom. The number of hydrogen-bond acceptors (Lipinski definition) is 7. The third kappa shape index (κ3) is 1.01. The van der Waals surface area contributed by atoms with E-state index in [1.807, 2.05) is 0 Å². The van der Waals surface area contributed by atoms with Crippen molar-refractivity contribution in [2.24, 2.45) is 0 Å². The molecule has 0 spiro atoms. The number of aliphatic hydroxyl groups is 4. The Balaban J connectivity index is 2.36. The molecule has 7 heteroatoms. The smallest absolute Gasteiger partial charge is 0.344 e. The van der Waals surface area contributed by atoms with E-state index in [0.717, 1.165) is 0 Å². The summed E-state index contributed by atoms with van der Waals surface area (Å²) in [6, 6.07) is 0. The van der Waals surface area contributed by atoms with Gasteiger partial charge in [0.1, 0.15) is 24.9 Å². The molecule has 0 unspecified atom stereocenters. The van der Waals surface area contributed by atoms with Crippen LogP contribution in [0.1, 0.15) is 0 Å². The minimum Gasteiger partial charge on any atom is -0.461 e. The number of esters is 1. The number of rotatable bonds is 0. The molecule has 0 saturated carbocycles. The van der Waals surface area contributed by atoms with Crippen LogP contribution in [0.25, 0.3) is 0 Å². The number of fused-ring (bicyclic) bond motifs is 1. The Hall–Kier alpha value is -0.730. The highest BCUT2D eigenvalue weighted by Crippen LogP contribution is 2.36. The van der Waals surface area contributed by atoms with E-state index < -0.39 is 36.2 Å². The number of carbonyl (C=O) groups excluding carboxylic acids is 1. The van der Waals surface area contributed by atoms with E-state index >= 15 is 0 Å². The maximum atomic E-state index is 11.2. The third-order valence-corrected chi connectivity index (χ3v) is 2.50. The highest BCUT2D eigenvalue weighted by atomic mass is 16.7. The highest BCUT2D eigenvalue weighted by Gasteiger charge is 2.65. The predicted octanol–water partition coefficient (Wildman–Crippen LogP) is -3.29. The first-order chi connectivity index (χ1) is 6.48. The molecule has 5 atom stereocenters. The zero-order chi connectivity index (χ0) is 10.5. The van der Waals surface area contributed by atoms with Gasteiger partial charge in [-0.3, -0.25) is 0 Å². The number of hydrogen-bond donors (Lipinski definition) is 4. The second kappa shape index (κ2) is 2.88. The van der Waals surface area contributed by atoms with Gasteiger partial charge in [-0.25, -0.2) is 4.79 Å². The fourth-order valence-corrected chi connectivity index (χ4v) is 1.70. The number of carbonyl (C=O) groups is 1. The van der Waals surface area contributed by atoms with Crippen LogP contribution >= 0.6 is 0 Å². The molecule has 0 radical (unpaired) electrons. The van der Waals surface area contributed by atoms with E-state index in [1.165, 1.54) is 0 Å². The summed E-state index contributed by atoms with van der Waals surface area (Å²) in [6.45, 7) is -0.328. The molecule has 0 aromatic rings. The van der Waals surface area contributed by atoms with Crippen molar-refractivity contribution >= 4 is 5.97 Å². The second-order valence-electron chi connectivity index (χ2n) is 3.38. The molecule has 2 aliphatic rings. The van der Waals surface area contributed by atoms with Gasteiger partial charge >= 0.3 is 5.97 Å². The molecule has 0 aromatic carbocycles. The third-order valence-electron chi connectivity index (χ3n) is 2.50. The van der Waals surface area contributed by atoms with E-state index in [9.17, 15) is 20.1 Å². The van der Waals surface area contributed by atoms with Crippen molar-refractivity contribution in [3.05, 3.63) is 0 Å². The molecule has 2 saturated heterocycles. The second-order valence-corrected chi connectivity index (χ2v) is 3.38. The Bertz CT molecular complexity index is 267. The fraction of sp³-hybridized carbons (Fsp3) is 0.857. The van der Waals surface area contributed by atoms with Crippen LogP contribution in [0.15, 0.2) is 0 Å². The molecule has 2 heterocycles. The Morgan fingerprint density at radius 2 is 2.00 bits per heavy atom. The van der Waals surface area contributed by atoms with Crippen molar-refractivity contribution in [2.45, 2.75) is 30.2 Å². The summed E-state index contributed by atoms with van der Waals surface area (Å²) in [6.07, 6.45) is -6.13. The van der Waals surface area contributed by atoms with Crippen LogP contribution in [0.4, 0.5) is 0 Å². The van der Waals surface area contributed by atoms with E-state index in [1.54, 1.807) is 0 Å². The van der Waals surface area contributed by atoms with Gasteiger partial charge in [-0.05, 0) is 0 Å². The van der Waals surface area contributed by atoms with Crippen LogP contribution in [0.3, 0.4) is 0 Å². The summed E-state index contributed by atoms with van der Waals surface area (Å²) in [5.74, 6) is -1.10. The van der Waals surface area contributed by atoms with E-state index in [4.69, 9.17) is 5.11 Å². The number of aliphatic hydroxyl groups excluding tert-OH is 3. The largest absolute Gasteiger partial charge is 0.461 e. The lowest BCUT2D eigenvalue weighted by molar-refractivity contribution is -0.211. The van der Waals surface area contributed by atoms with Crippen LogP contribution in [-0.4, -0.2) is 63.2 Å². The van der Waals surface area contributed by atoms with Gasteiger partial charge in [0.15, 0.2) is 6.29 Å². The first kappa shape index (κ1) is 9.81. The maximum Gasteiger partial charge on any atom is 0.344 e. The first-order valence-electron chi connectivity index (χ1n) is 4.07. The molecule has 2 fully saturated rings. The molecule has 4 N–H and O–H groups in total. The highest BCUT2D eigenvalue weighted by molar-refractivity contribution is 5.82. The van der Waals surface area contributed by atoms with Crippen molar-refractivity contribution in [1.29, 1.82) is 0 Å². The summed E-state index contributed by atoms with van der Waals surface area (Å²) >= 11 is 0. The average Bonchev–Trinajstić information content (AvgIpc) is 2.38. The lowest BCUT2D eigenvalue weighted by Crippen LogP contribution is -2.63. The molecule has 14 heavy (non-hydrogen) atoms. The lowest BCUT2D eigenvalue weighted by atomic mass is 9.88. The van der Waals surface area contributed by atoms with Crippen molar-refractivity contribution in [1.82, 2.24) is 0 Å². The molecule has 2 aliphatic heterocycles. The summed E-state index contributed by atoms with van der Waals surface area (Å²) in [5.41, 5.74) is -2.38. The molecule has 7 nitrogen and oxygen atoms in total. The zero-order valence-corrected chi connectivity index (χ0v) is 7.03. The molecule has 80 valence electrons. The normalized spacial score (nSPS) is 52.7. The average molecular weight is 206 g/mol. The molecule has 0 aromatic heterocycles.